The standard InChI is InChI=1S/C19H20N4O/c1-13(2)23-12-18(21-22-23)16-9-4-5-10-17(16)20-19(24)15-8-6-7-14(3)11-15/h4-13H,1-3H3,(H,20,24). The summed E-state index contributed by atoms with van der Waals surface area (Å²) in [6.45, 7) is 6.06. The molecule has 0 aliphatic heterocycles. The van der Waals surface area contributed by atoms with Crippen LogP contribution in [-0.2, 0) is 0 Å². The third-order valence-corrected chi connectivity index (χ3v) is 3.77. The minimum atomic E-state index is -0.137. The van der Waals surface area contributed by atoms with Crippen molar-refractivity contribution in [1.82, 2.24) is 15.0 Å². The molecule has 0 saturated heterocycles. The molecule has 0 aliphatic carbocycles. The highest BCUT2D eigenvalue weighted by atomic mass is 16.1. The van der Waals surface area contributed by atoms with E-state index in [-0.39, 0.29) is 11.9 Å². The summed E-state index contributed by atoms with van der Waals surface area (Å²) in [5.74, 6) is -0.137. The number of aromatic nitrogens is 3. The number of nitrogens with one attached hydrogen (secondary N) is 1. The van der Waals surface area contributed by atoms with E-state index in [9.17, 15) is 4.79 Å². The second-order valence-electron chi connectivity index (χ2n) is 6.05. The number of benzene rings is 2. The van der Waals surface area contributed by atoms with Gasteiger partial charge in [0.15, 0.2) is 0 Å². The van der Waals surface area contributed by atoms with Crippen LogP contribution in [0.1, 0.15) is 35.8 Å². The van der Waals surface area contributed by atoms with Crippen LogP contribution in [0.3, 0.4) is 0 Å². The summed E-state index contributed by atoms with van der Waals surface area (Å²) in [7, 11) is 0. The molecule has 0 aliphatic rings. The Morgan fingerprint density at radius 3 is 2.62 bits per heavy atom. The molecule has 0 bridgehead atoms. The Balaban J connectivity index is 1.90. The lowest BCUT2D eigenvalue weighted by molar-refractivity contribution is 0.102. The Morgan fingerprint density at radius 1 is 1.12 bits per heavy atom. The first kappa shape index (κ1) is 15.9. The van der Waals surface area contributed by atoms with Crippen LogP contribution in [-0.4, -0.2) is 20.9 Å². The van der Waals surface area contributed by atoms with Gasteiger partial charge in [0.2, 0.25) is 0 Å². The molecule has 0 atom stereocenters. The largest absolute Gasteiger partial charge is 0.321 e. The minimum absolute atomic E-state index is 0.137. The topological polar surface area (TPSA) is 59.8 Å². The molecule has 0 fully saturated rings. The summed E-state index contributed by atoms with van der Waals surface area (Å²) in [5, 5.41) is 11.3. The molecule has 1 amide bonds. The van der Waals surface area contributed by atoms with Crippen LogP contribution < -0.4 is 5.32 Å². The molecule has 1 N–H and O–H groups in total. The predicted octanol–water partition coefficient (Wildman–Crippen LogP) is 4.09. The van der Waals surface area contributed by atoms with Crippen LogP contribution in [0.2, 0.25) is 0 Å². The molecule has 0 radical (unpaired) electrons. The molecule has 24 heavy (non-hydrogen) atoms. The normalized spacial score (nSPS) is 10.8. The van der Waals surface area contributed by atoms with Crippen LogP contribution in [0.5, 0.6) is 0 Å². The molecular weight excluding hydrogens is 300 g/mol. The first-order valence-electron chi connectivity index (χ1n) is 7.94. The van der Waals surface area contributed by atoms with Crippen molar-refractivity contribution < 1.29 is 4.79 Å². The maximum Gasteiger partial charge on any atom is 0.255 e. The Morgan fingerprint density at radius 2 is 1.92 bits per heavy atom. The van der Waals surface area contributed by atoms with Crippen LogP contribution in [0, 0.1) is 6.92 Å². The number of hydrogen-bond donors (Lipinski definition) is 1. The summed E-state index contributed by atoms with van der Waals surface area (Å²) in [4.78, 5) is 12.5. The molecule has 3 rings (SSSR count). The molecule has 5 heteroatoms. The summed E-state index contributed by atoms with van der Waals surface area (Å²) in [6, 6.07) is 15.4. The molecule has 1 aromatic heterocycles. The van der Waals surface area contributed by atoms with Crippen molar-refractivity contribution >= 4 is 11.6 Å². The molecule has 0 unspecified atom stereocenters. The number of anilines is 1. The number of carbonyl (C=O) groups excluding carboxylic acids is 1. The lowest BCUT2D eigenvalue weighted by Gasteiger charge is -2.10. The van der Waals surface area contributed by atoms with Gasteiger partial charge in [-0.25, -0.2) is 4.68 Å². The zero-order valence-electron chi connectivity index (χ0n) is 14.0. The summed E-state index contributed by atoms with van der Waals surface area (Å²) >= 11 is 0. The number of carbonyl (C=O) groups is 1. The predicted molar refractivity (Wildman–Crippen MR) is 95.0 cm³/mol. The number of amides is 1. The zero-order valence-corrected chi connectivity index (χ0v) is 14.0. The van der Waals surface area contributed by atoms with Gasteiger partial charge in [-0.15, -0.1) is 5.10 Å². The fourth-order valence-corrected chi connectivity index (χ4v) is 2.45. The number of hydrogen-bond acceptors (Lipinski definition) is 3. The minimum Gasteiger partial charge on any atom is -0.321 e. The van der Waals surface area contributed by atoms with Gasteiger partial charge in [0.05, 0.1) is 11.9 Å². The van der Waals surface area contributed by atoms with Crippen LogP contribution in [0.15, 0.2) is 54.7 Å². The van der Waals surface area contributed by atoms with Gasteiger partial charge in [0.1, 0.15) is 5.69 Å². The lowest BCUT2D eigenvalue weighted by Crippen LogP contribution is -2.12. The van der Waals surface area contributed by atoms with E-state index in [2.05, 4.69) is 15.6 Å². The van der Waals surface area contributed by atoms with Gasteiger partial charge in [-0.1, -0.05) is 41.1 Å². The van der Waals surface area contributed by atoms with Crippen molar-refractivity contribution in [3.63, 3.8) is 0 Å². The van der Waals surface area contributed by atoms with E-state index < -0.39 is 0 Å². The SMILES string of the molecule is Cc1cccc(C(=O)Nc2ccccc2-c2cn(C(C)C)nn2)c1. The second kappa shape index (κ2) is 6.66. The van der Waals surface area contributed by atoms with Gasteiger partial charge in [-0.2, -0.15) is 0 Å². The highest BCUT2D eigenvalue weighted by Crippen LogP contribution is 2.27. The number of rotatable bonds is 4. The van der Waals surface area contributed by atoms with Crippen LogP contribution >= 0.6 is 0 Å². The van der Waals surface area contributed by atoms with Crippen molar-refractivity contribution in [3.8, 4) is 11.3 Å². The Hall–Kier alpha value is -2.95. The van der Waals surface area contributed by atoms with E-state index in [1.165, 1.54) is 0 Å². The van der Waals surface area contributed by atoms with Crippen molar-refractivity contribution in [2.75, 3.05) is 5.32 Å². The molecule has 0 saturated carbocycles. The number of nitrogens with zero attached hydrogens (tertiary/aromatic N) is 3. The van der Waals surface area contributed by atoms with Crippen molar-refractivity contribution in [2.24, 2.45) is 0 Å². The van der Waals surface area contributed by atoms with Crippen molar-refractivity contribution in [1.29, 1.82) is 0 Å². The zero-order chi connectivity index (χ0) is 17.1. The van der Waals surface area contributed by atoms with E-state index in [1.54, 1.807) is 10.7 Å². The average Bonchev–Trinajstić information content (AvgIpc) is 3.05. The van der Waals surface area contributed by atoms with Gasteiger partial charge in [0, 0.05) is 17.2 Å². The van der Waals surface area contributed by atoms with Crippen molar-refractivity contribution in [2.45, 2.75) is 26.8 Å². The Kier molecular flexibility index (Phi) is 4.42. The summed E-state index contributed by atoms with van der Waals surface area (Å²) < 4.78 is 1.80. The van der Waals surface area contributed by atoms with Gasteiger partial charge < -0.3 is 5.32 Å². The molecule has 3 aromatic rings. The maximum absolute atomic E-state index is 12.5. The van der Waals surface area contributed by atoms with E-state index in [0.717, 1.165) is 22.5 Å². The lowest BCUT2D eigenvalue weighted by atomic mass is 10.1. The van der Waals surface area contributed by atoms with Gasteiger partial charge in [0.25, 0.3) is 5.91 Å². The van der Waals surface area contributed by atoms with Gasteiger partial charge in [-0.3, -0.25) is 4.79 Å². The number of aryl methyl sites for hydroxylation is 1. The van der Waals surface area contributed by atoms with Crippen molar-refractivity contribution in [3.05, 3.63) is 65.9 Å². The van der Waals surface area contributed by atoms with E-state index >= 15 is 0 Å². The first-order chi connectivity index (χ1) is 11.5. The maximum atomic E-state index is 12.5. The molecule has 0 spiro atoms. The second-order valence-corrected chi connectivity index (χ2v) is 6.05. The fraction of sp³-hybridized carbons (Fsp3) is 0.211. The van der Waals surface area contributed by atoms with Gasteiger partial charge in [-0.05, 0) is 39.0 Å². The molecule has 1 heterocycles. The molecular formula is C19H20N4O. The molecule has 5 nitrogen and oxygen atoms in total. The van der Waals surface area contributed by atoms with E-state index in [4.69, 9.17) is 0 Å². The van der Waals surface area contributed by atoms with Crippen LogP contribution in [0.4, 0.5) is 5.69 Å². The Labute approximate surface area is 141 Å². The highest BCUT2D eigenvalue weighted by molar-refractivity contribution is 6.06. The highest BCUT2D eigenvalue weighted by Gasteiger charge is 2.13. The van der Waals surface area contributed by atoms with E-state index in [0.29, 0.717) is 5.56 Å². The third kappa shape index (κ3) is 3.35. The van der Waals surface area contributed by atoms with Gasteiger partial charge >= 0.3 is 0 Å². The Bertz CT molecular complexity index is 867. The summed E-state index contributed by atoms with van der Waals surface area (Å²) in [6.07, 6.45) is 1.89. The van der Waals surface area contributed by atoms with E-state index in [1.807, 2.05) is 69.4 Å². The quantitative estimate of drug-likeness (QED) is 0.787. The monoisotopic (exact) mass is 320 g/mol. The average molecular weight is 320 g/mol. The molecule has 2 aromatic carbocycles. The first-order valence-corrected chi connectivity index (χ1v) is 7.94. The third-order valence-electron chi connectivity index (χ3n) is 3.77. The number of para-hydroxylation sites is 1. The summed E-state index contributed by atoms with van der Waals surface area (Å²) in [5.41, 5.74) is 4.00. The molecule has 122 valence electrons. The van der Waals surface area contributed by atoms with Crippen LogP contribution in [0.25, 0.3) is 11.3 Å². The fourth-order valence-electron chi connectivity index (χ4n) is 2.45. The smallest absolute Gasteiger partial charge is 0.255 e.